The number of benzene rings is 8. The molecule has 2 aliphatic rings. The van der Waals surface area contributed by atoms with E-state index in [1.165, 1.54) is 16.7 Å². The quantitative estimate of drug-likeness (QED) is 0.148. The summed E-state index contributed by atoms with van der Waals surface area (Å²) < 4.78 is 8.19. The molecule has 341 valence electrons. The molecule has 5 heterocycles. The van der Waals surface area contributed by atoms with E-state index in [9.17, 15) is 0 Å². The van der Waals surface area contributed by atoms with E-state index in [0.717, 1.165) is 110 Å². The van der Waals surface area contributed by atoms with Crippen LogP contribution in [0.2, 0.25) is 0 Å². The van der Waals surface area contributed by atoms with Crippen molar-refractivity contribution in [2.45, 2.75) is 72.6 Å². The fourth-order valence-corrected chi connectivity index (χ4v) is 10.0. The monoisotopic (exact) mass is 957 g/mol. The first-order valence-corrected chi connectivity index (χ1v) is 24.4. The number of aryl methyl sites for hydroxylation is 1. The molecule has 2 aliphatic heterocycles. The minimum absolute atomic E-state index is 0.0306. The fraction of sp³-hybridized carbons (Fsp3) is 0.180. The summed E-state index contributed by atoms with van der Waals surface area (Å²) in [5.74, 6) is 8.38. The Balaban J connectivity index is 0.00000256. The summed E-state index contributed by atoms with van der Waals surface area (Å²) in [6.45, 7) is 17.4. The van der Waals surface area contributed by atoms with Gasteiger partial charge in [-0.3, -0.25) is 0 Å². The number of fused-ring (bicyclic) bond motifs is 24. The molecule has 71 heavy (non-hydrogen) atoms. The maximum atomic E-state index is 8.19. The Morgan fingerprint density at radius 3 is 1.20 bits per heavy atom. The summed E-state index contributed by atoms with van der Waals surface area (Å²) in [5, 5.41) is 12.2. The van der Waals surface area contributed by atoms with Gasteiger partial charge in [0.15, 0.2) is 0 Å². The van der Waals surface area contributed by atoms with Gasteiger partial charge in [-0.25, -0.2) is 9.97 Å². The summed E-state index contributed by atoms with van der Waals surface area (Å²) in [6, 6.07) is 43.9. The Morgan fingerprint density at radius 2 is 0.775 bits per heavy atom. The Labute approximate surface area is 419 Å². The Hall–Kier alpha value is -7.90. The molecule has 0 radical (unpaired) electrons. The van der Waals surface area contributed by atoms with Crippen molar-refractivity contribution in [2.24, 2.45) is 0 Å². The van der Waals surface area contributed by atoms with Gasteiger partial charge in [0.25, 0.3) is 0 Å². The van der Waals surface area contributed by atoms with E-state index in [-0.39, 0.29) is 10.8 Å². The molecule has 0 saturated carbocycles. The normalized spacial score (nSPS) is 12.3. The number of hydrogen-bond acceptors (Lipinski definition) is 7. The van der Waals surface area contributed by atoms with Crippen LogP contribution in [-0.2, 0) is 38.3 Å². The second-order valence-electron chi connectivity index (χ2n) is 20.8. The van der Waals surface area contributed by atoms with Gasteiger partial charge >= 0.3 is 21.0 Å². The van der Waals surface area contributed by atoms with Gasteiger partial charge in [0.1, 0.15) is 0 Å². The minimum atomic E-state index is -0.0306. The molecule has 3 aromatic heterocycles. The average molecular weight is 958 g/mol. The van der Waals surface area contributed by atoms with E-state index in [0.29, 0.717) is 52.3 Å². The Bertz CT molecular complexity index is 4340. The topological polar surface area (TPSA) is 123 Å². The van der Waals surface area contributed by atoms with E-state index in [2.05, 4.69) is 182 Å². The third-order valence-corrected chi connectivity index (χ3v) is 13.9. The Kier molecular flexibility index (Phi) is 10.2. The summed E-state index contributed by atoms with van der Waals surface area (Å²) >= 11 is 1.06. The third kappa shape index (κ3) is 7.57. The van der Waals surface area contributed by atoms with E-state index in [4.69, 9.17) is 43.5 Å². The van der Waals surface area contributed by atoms with E-state index < -0.39 is 0 Å². The van der Waals surface area contributed by atoms with Crippen LogP contribution in [0.4, 0.5) is 0 Å². The molecule has 8 aromatic carbocycles. The van der Waals surface area contributed by atoms with Crippen LogP contribution < -0.4 is 9.97 Å². The molecule has 8 bridgehead atoms. The Morgan fingerprint density at radius 1 is 0.423 bits per heavy atom. The van der Waals surface area contributed by atoms with Gasteiger partial charge in [-0.2, -0.15) is 0 Å². The van der Waals surface area contributed by atoms with Crippen molar-refractivity contribution in [1.82, 2.24) is 39.9 Å². The van der Waals surface area contributed by atoms with E-state index >= 15 is 0 Å². The molecule has 13 rings (SSSR count). The van der Waals surface area contributed by atoms with Gasteiger partial charge < -0.3 is 29.9 Å². The summed E-state index contributed by atoms with van der Waals surface area (Å²) in [4.78, 5) is 42.7. The maximum absolute atomic E-state index is 8.19. The molecule has 0 aliphatic carbocycles. The number of aromatic nitrogens is 8. The molecule has 0 amide bonds. The van der Waals surface area contributed by atoms with Gasteiger partial charge in [0.2, 0.25) is 0 Å². The van der Waals surface area contributed by atoms with Crippen LogP contribution in [-0.4, -0.2) is 29.9 Å². The van der Waals surface area contributed by atoms with Crippen LogP contribution in [0.5, 0.6) is 0 Å². The summed E-state index contributed by atoms with van der Waals surface area (Å²) in [5.41, 5.74) is 10.4. The van der Waals surface area contributed by atoms with Crippen LogP contribution in [0.1, 0.15) is 70.7 Å². The number of nitrogens with zero attached hydrogens (tertiary/aromatic N) is 8. The second kappa shape index (κ2) is 16.3. The first kappa shape index (κ1) is 44.3. The zero-order valence-corrected chi connectivity index (χ0v) is 42.1. The van der Waals surface area contributed by atoms with Crippen molar-refractivity contribution in [3.63, 3.8) is 0 Å². The van der Waals surface area contributed by atoms with Gasteiger partial charge in [0.05, 0.1) is 23.3 Å². The zero-order valence-electron chi connectivity index (χ0n) is 40.7. The van der Waals surface area contributed by atoms with Crippen LogP contribution in [0.15, 0.2) is 121 Å². The van der Waals surface area contributed by atoms with Crippen molar-refractivity contribution >= 4 is 87.2 Å². The molecule has 0 unspecified atom stereocenters. The van der Waals surface area contributed by atoms with Crippen LogP contribution in [0.25, 0.3) is 133 Å². The molecule has 11 aromatic rings. The predicted octanol–water partition coefficient (Wildman–Crippen LogP) is 14.1. The molecule has 0 saturated heterocycles. The molecule has 0 atom stereocenters. The molecule has 0 fully saturated rings. The number of rotatable bonds is 1. The SMILES string of the molecule is CC#CCc1ccc2cc3c(cc2c1)-c1nc-3nc2[n-]c(nc3nc(nc4[n-]c(n1)c1cc5ccc(C(C)(C)C)cc5cc41)-c1cc4ccc(C)cc4cc1-3)c1cc3ccc(C(C)(C)C)cc3cc21.[O]=[V+2]. The molecular weight excluding hydrogens is 912 g/mol. The average Bonchev–Trinajstić information content (AvgIpc) is 4.07. The fourth-order valence-electron chi connectivity index (χ4n) is 10.0. The van der Waals surface area contributed by atoms with Gasteiger partial charge in [-0.1, -0.05) is 126 Å². The standard InChI is InChI=1S/C61H46N8.O.V/c1-9-10-11-33-13-15-35-25-45-49(29-39(35)21-33)57-64-53(45)67-59-50-30-40-22-42(60(3,4)5)18-16-36(40)26-46(50)54(68-59)63-56-48-28-38-20-32(2)12-14-34(38)24-44(48)52(62-56)66-58-51-31-41-23-43(61(6,7)8)19-17-37(41)27-47(51)55(65-57)69-58;;/h12-31H,11H2,1-8H3;;/q-2;;+2. The van der Waals surface area contributed by atoms with E-state index in [1.54, 1.807) is 0 Å². The van der Waals surface area contributed by atoms with Crippen molar-refractivity contribution < 1.29 is 21.0 Å². The molecule has 9 nitrogen and oxygen atoms in total. The van der Waals surface area contributed by atoms with Crippen LogP contribution in [0.3, 0.4) is 0 Å². The van der Waals surface area contributed by atoms with Crippen LogP contribution >= 0.6 is 0 Å². The zero-order chi connectivity index (χ0) is 49.1. The molecule has 10 heteroatoms. The first-order valence-electron chi connectivity index (χ1n) is 23.8. The predicted molar refractivity (Wildman–Crippen MR) is 284 cm³/mol. The molecule has 0 spiro atoms. The number of hydrogen-bond donors (Lipinski definition) is 0. The second-order valence-corrected chi connectivity index (χ2v) is 20.8. The molecular formula is C61H46N8OV. The summed E-state index contributed by atoms with van der Waals surface area (Å²) in [7, 11) is 0. The van der Waals surface area contributed by atoms with Crippen molar-refractivity contribution in [3.8, 4) is 57.4 Å². The van der Waals surface area contributed by atoms with Gasteiger partial charge in [-0.15, -0.1) is 5.92 Å². The van der Waals surface area contributed by atoms with Crippen LogP contribution in [0, 0.1) is 18.8 Å². The van der Waals surface area contributed by atoms with Crippen molar-refractivity contribution in [1.29, 1.82) is 0 Å². The van der Waals surface area contributed by atoms with Gasteiger partial charge in [-0.05, 0) is 155 Å². The van der Waals surface area contributed by atoms with E-state index in [1.807, 2.05) is 6.92 Å². The van der Waals surface area contributed by atoms with Gasteiger partial charge in [0, 0.05) is 51.3 Å². The molecule has 0 N–H and O–H groups in total. The third-order valence-electron chi connectivity index (χ3n) is 13.9. The first-order chi connectivity index (χ1) is 34.2. The van der Waals surface area contributed by atoms with Crippen molar-refractivity contribution in [3.05, 3.63) is 144 Å². The summed E-state index contributed by atoms with van der Waals surface area (Å²) in [6.07, 6.45) is 0.669. The van der Waals surface area contributed by atoms with Crippen molar-refractivity contribution in [2.75, 3.05) is 0 Å².